The molecule has 25 heavy (non-hydrogen) atoms. The van der Waals surface area contributed by atoms with E-state index in [1.165, 1.54) is 20.3 Å². The summed E-state index contributed by atoms with van der Waals surface area (Å²) in [6, 6.07) is 3.51. The first kappa shape index (κ1) is 15.9. The Kier molecular flexibility index (Phi) is 3.15. The molecule has 1 aliphatic heterocycles. The molecule has 1 fully saturated rings. The average Bonchev–Trinajstić information content (AvgIpc) is 3.05. The Bertz CT molecular complexity index is 871. The number of allylic oxidation sites excluding steroid dienone is 1. The molecule has 4 rings (SSSR count). The first-order chi connectivity index (χ1) is 11.9. The first-order valence-electron chi connectivity index (χ1n) is 8.10. The zero-order chi connectivity index (χ0) is 18.0. The van der Waals surface area contributed by atoms with Crippen LogP contribution in [-0.4, -0.2) is 55.1 Å². The fraction of sp³-hybridized carbons (Fsp3) is 0.368. The number of hydrogen-bond acceptors (Lipinski definition) is 6. The van der Waals surface area contributed by atoms with Crippen molar-refractivity contribution in [1.29, 1.82) is 0 Å². The van der Waals surface area contributed by atoms with Crippen LogP contribution >= 0.6 is 0 Å². The van der Waals surface area contributed by atoms with E-state index in [1.54, 1.807) is 18.0 Å². The number of carbonyl (C=O) groups is 2. The minimum absolute atomic E-state index is 0.0338. The summed E-state index contributed by atoms with van der Waals surface area (Å²) in [6.45, 7) is 0.530. The van der Waals surface area contributed by atoms with Crippen LogP contribution in [0.15, 0.2) is 29.9 Å². The normalized spacial score (nSPS) is 29.7. The minimum Gasteiger partial charge on any atom is -0.504 e. The molecule has 0 saturated carbocycles. The van der Waals surface area contributed by atoms with Crippen molar-refractivity contribution in [2.75, 3.05) is 27.8 Å². The number of likely N-dealkylation sites (N-methyl/N-ethyl adjacent to an activating group) is 1. The SMILES string of the molecule is COC(=O)[C@]12C(=O)C=C3C=Cc4ccc(OC)c(O)c4[C@@]31CCN2C. The molecule has 1 spiro atoms. The van der Waals surface area contributed by atoms with Gasteiger partial charge in [-0.25, -0.2) is 4.79 Å². The number of hydrogen-bond donors (Lipinski definition) is 1. The van der Waals surface area contributed by atoms with E-state index in [-0.39, 0.29) is 11.5 Å². The predicted octanol–water partition coefficient (Wildman–Crippen LogP) is 1.42. The fourth-order valence-electron chi connectivity index (χ4n) is 4.87. The highest BCUT2D eigenvalue weighted by molar-refractivity contribution is 6.20. The number of aromatic hydroxyl groups is 1. The van der Waals surface area contributed by atoms with Gasteiger partial charge in [-0.05, 0) is 36.7 Å². The Morgan fingerprint density at radius 2 is 2.04 bits per heavy atom. The lowest BCUT2D eigenvalue weighted by molar-refractivity contribution is -0.158. The highest BCUT2D eigenvalue weighted by Crippen LogP contribution is 2.62. The standard InChI is InChI=1S/C19H19NO5/c1-20-9-8-18-12(10-14(21)19(18,20)17(23)25-3)6-4-11-5-7-13(24-2)16(22)15(11)18/h4-7,10,22H,8-9H2,1-3H3/t18-,19-/m1/s1. The minimum atomic E-state index is -1.50. The Labute approximate surface area is 145 Å². The molecular formula is C19H19NO5. The van der Waals surface area contributed by atoms with Gasteiger partial charge in [-0.2, -0.15) is 0 Å². The molecule has 6 heteroatoms. The Balaban J connectivity index is 2.12. The van der Waals surface area contributed by atoms with Gasteiger partial charge in [0.2, 0.25) is 0 Å². The zero-order valence-electron chi connectivity index (χ0n) is 14.3. The number of phenols is 1. The number of benzene rings is 1. The molecule has 0 aromatic heterocycles. The number of phenolic OH excluding ortho intramolecular Hbond substituents is 1. The Morgan fingerprint density at radius 3 is 2.72 bits per heavy atom. The second-order valence-electron chi connectivity index (χ2n) is 6.66. The number of methoxy groups -OCH3 is 2. The molecule has 1 heterocycles. The average molecular weight is 341 g/mol. The van der Waals surface area contributed by atoms with Gasteiger partial charge >= 0.3 is 5.97 Å². The third kappa shape index (κ3) is 1.54. The van der Waals surface area contributed by atoms with Crippen LogP contribution in [0.3, 0.4) is 0 Å². The maximum atomic E-state index is 13.1. The number of likely N-dealkylation sites (tertiary alicyclic amines) is 1. The molecule has 2 aliphatic carbocycles. The Morgan fingerprint density at radius 1 is 1.28 bits per heavy atom. The fourth-order valence-corrected chi connectivity index (χ4v) is 4.87. The van der Waals surface area contributed by atoms with E-state index < -0.39 is 16.9 Å². The molecule has 3 aliphatic rings. The lowest BCUT2D eigenvalue weighted by Crippen LogP contribution is -2.63. The number of carbonyl (C=O) groups excluding carboxylic acids is 2. The van der Waals surface area contributed by atoms with Crippen molar-refractivity contribution in [1.82, 2.24) is 4.90 Å². The van der Waals surface area contributed by atoms with Crippen LogP contribution in [0.2, 0.25) is 0 Å². The molecule has 0 amide bonds. The maximum Gasteiger partial charge on any atom is 0.335 e. The van der Waals surface area contributed by atoms with Gasteiger partial charge in [0.05, 0.1) is 19.6 Å². The summed E-state index contributed by atoms with van der Waals surface area (Å²) in [6.07, 6.45) is 5.74. The van der Waals surface area contributed by atoms with Gasteiger partial charge in [0.1, 0.15) is 0 Å². The molecule has 0 bridgehead atoms. The molecule has 1 saturated heterocycles. The zero-order valence-corrected chi connectivity index (χ0v) is 14.3. The lowest BCUT2D eigenvalue weighted by atomic mass is 9.60. The molecule has 1 N–H and O–H groups in total. The van der Waals surface area contributed by atoms with Crippen molar-refractivity contribution >= 4 is 17.8 Å². The van der Waals surface area contributed by atoms with E-state index in [2.05, 4.69) is 0 Å². The molecule has 130 valence electrons. The molecular weight excluding hydrogens is 322 g/mol. The second kappa shape index (κ2) is 4.95. The molecule has 2 atom stereocenters. The van der Waals surface area contributed by atoms with Crippen molar-refractivity contribution in [3.05, 3.63) is 41.0 Å². The lowest BCUT2D eigenvalue weighted by Gasteiger charge is -2.44. The van der Waals surface area contributed by atoms with E-state index in [1.807, 2.05) is 18.2 Å². The Hall–Kier alpha value is -2.60. The van der Waals surface area contributed by atoms with Crippen molar-refractivity contribution < 1.29 is 24.2 Å². The summed E-state index contributed by atoms with van der Waals surface area (Å²) >= 11 is 0. The van der Waals surface area contributed by atoms with Gasteiger partial charge in [0.15, 0.2) is 22.8 Å². The molecule has 6 nitrogen and oxygen atoms in total. The number of esters is 1. The first-order valence-corrected chi connectivity index (χ1v) is 8.10. The summed E-state index contributed by atoms with van der Waals surface area (Å²) in [4.78, 5) is 27.7. The van der Waals surface area contributed by atoms with Crippen molar-refractivity contribution in [2.24, 2.45) is 0 Å². The third-order valence-electron chi connectivity index (χ3n) is 5.89. The topological polar surface area (TPSA) is 76.1 Å². The number of fused-ring (bicyclic) bond motifs is 1. The van der Waals surface area contributed by atoms with Crippen LogP contribution in [0.25, 0.3) is 6.08 Å². The van der Waals surface area contributed by atoms with Crippen LogP contribution in [0.4, 0.5) is 0 Å². The van der Waals surface area contributed by atoms with Gasteiger partial charge < -0.3 is 14.6 Å². The van der Waals surface area contributed by atoms with Crippen molar-refractivity contribution in [2.45, 2.75) is 17.4 Å². The van der Waals surface area contributed by atoms with Crippen LogP contribution in [0, 0.1) is 0 Å². The van der Waals surface area contributed by atoms with Crippen LogP contribution in [-0.2, 0) is 19.7 Å². The van der Waals surface area contributed by atoms with E-state index in [0.717, 1.165) is 11.1 Å². The van der Waals surface area contributed by atoms with Gasteiger partial charge in [0, 0.05) is 12.1 Å². The van der Waals surface area contributed by atoms with Gasteiger partial charge in [-0.1, -0.05) is 18.2 Å². The van der Waals surface area contributed by atoms with Gasteiger partial charge in [-0.15, -0.1) is 0 Å². The summed E-state index contributed by atoms with van der Waals surface area (Å²) in [7, 11) is 4.51. The highest BCUT2D eigenvalue weighted by Gasteiger charge is 2.73. The smallest absolute Gasteiger partial charge is 0.335 e. The third-order valence-corrected chi connectivity index (χ3v) is 5.89. The van der Waals surface area contributed by atoms with E-state index in [9.17, 15) is 14.7 Å². The number of rotatable bonds is 2. The predicted molar refractivity (Wildman–Crippen MR) is 90.5 cm³/mol. The van der Waals surface area contributed by atoms with Crippen molar-refractivity contribution in [3.63, 3.8) is 0 Å². The van der Waals surface area contributed by atoms with E-state index in [4.69, 9.17) is 9.47 Å². The summed E-state index contributed by atoms with van der Waals surface area (Å²) in [5.41, 5.74) is -0.423. The second-order valence-corrected chi connectivity index (χ2v) is 6.66. The van der Waals surface area contributed by atoms with Crippen LogP contribution in [0.1, 0.15) is 17.5 Å². The van der Waals surface area contributed by atoms with Crippen molar-refractivity contribution in [3.8, 4) is 11.5 Å². The maximum absolute atomic E-state index is 13.1. The molecule has 1 aromatic rings. The van der Waals surface area contributed by atoms with Gasteiger partial charge in [0.25, 0.3) is 0 Å². The highest BCUT2D eigenvalue weighted by atomic mass is 16.5. The quantitative estimate of drug-likeness (QED) is 0.648. The monoisotopic (exact) mass is 341 g/mol. The number of nitrogens with zero attached hydrogens (tertiary/aromatic N) is 1. The van der Waals surface area contributed by atoms with Crippen LogP contribution < -0.4 is 4.74 Å². The molecule has 1 aromatic carbocycles. The largest absolute Gasteiger partial charge is 0.504 e. The molecule has 0 radical (unpaired) electrons. The van der Waals surface area contributed by atoms with E-state index in [0.29, 0.717) is 24.3 Å². The summed E-state index contributed by atoms with van der Waals surface area (Å²) in [5, 5.41) is 10.9. The number of ketones is 1. The number of ether oxygens (including phenoxy) is 2. The van der Waals surface area contributed by atoms with Gasteiger partial charge in [-0.3, -0.25) is 9.69 Å². The summed E-state index contributed by atoms with van der Waals surface area (Å²) in [5.74, 6) is -0.634. The summed E-state index contributed by atoms with van der Waals surface area (Å²) < 4.78 is 10.3. The van der Waals surface area contributed by atoms with Crippen LogP contribution in [0.5, 0.6) is 11.5 Å². The molecule has 0 unspecified atom stereocenters. The van der Waals surface area contributed by atoms with E-state index >= 15 is 0 Å².